The third-order valence-electron chi connectivity index (χ3n) is 3.34. The van der Waals surface area contributed by atoms with Gasteiger partial charge in [-0.05, 0) is 43.3 Å². The van der Waals surface area contributed by atoms with Gasteiger partial charge in [0.1, 0.15) is 0 Å². The van der Waals surface area contributed by atoms with Crippen molar-refractivity contribution in [3.8, 4) is 0 Å². The smallest absolute Gasteiger partial charge is 0.0596 e. The van der Waals surface area contributed by atoms with Crippen molar-refractivity contribution < 1.29 is 5.11 Å². The monoisotopic (exact) mass is 270 g/mol. The molecule has 1 rings (SSSR count). The lowest BCUT2D eigenvalue weighted by Gasteiger charge is -2.34. The van der Waals surface area contributed by atoms with Crippen LogP contribution in [-0.2, 0) is 0 Å². The molecule has 0 aliphatic heterocycles. The first-order chi connectivity index (χ1) is 8.65. The Labute approximate surface area is 115 Å². The van der Waals surface area contributed by atoms with Crippen LogP contribution in [0.3, 0.4) is 0 Å². The zero-order valence-electron chi connectivity index (χ0n) is 11.7. The van der Waals surface area contributed by atoms with Crippen LogP contribution in [0.5, 0.6) is 0 Å². The summed E-state index contributed by atoms with van der Waals surface area (Å²) in [5.74, 6) is 0. The Morgan fingerprint density at radius 2 is 2.11 bits per heavy atom. The molecule has 104 valence electrons. The van der Waals surface area contributed by atoms with Gasteiger partial charge < -0.3 is 10.8 Å². The molecular weight excluding hydrogens is 244 g/mol. The van der Waals surface area contributed by atoms with Crippen molar-refractivity contribution in [1.29, 1.82) is 0 Å². The minimum atomic E-state index is 0.125. The van der Waals surface area contributed by atoms with Gasteiger partial charge in [0.15, 0.2) is 0 Å². The Hall–Kier alpha value is -0.420. The van der Waals surface area contributed by atoms with Crippen LogP contribution in [0.4, 0.5) is 0 Å². The Bertz CT molecular complexity index is 334. The second kappa shape index (κ2) is 7.89. The Kier molecular flexibility index (Phi) is 6.86. The van der Waals surface area contributed by atoms with Crippen molar-refractivity contribution in [1.82, 2.24) is 4.90 Å². The first-order valence-corrected chi connectivity index (χ1v) is 7.68. The third-order valence-corrected chi connectivity index (χ3v) is 4.43. The van der Waals surface area contributed by atoms with Crippen molar-refractivity contribution in [2.24, 2.45) is 5.73 Å². The summed E-state index contributed by atoms with van der Waals surface area (Å²) in [6.07, 6.45) is 2.03. The largest absolute Gasteiger partial charge is 0.395 e. The summed E-state index contributed by atoms with van der Waals surface area (Å²) in [5, 5.41) is 11.4. The Morgan fingerprint density at radius 1 is 1.39 bits per heavy atom. The average Bonchev–Trinajstić information content (AvgIpc) is 2.76. The SMILES string of the molecule is CCCN(CCO)C(c1sccc1C)C(N)CC. The molecule has 18 heavy (non-hydrogen) atoms. The fourth-order valence-corrected chi connectivity index (χ4v) is 3.48. The molecule has 2 unspecified atom stereocenters. The summed E-state index contributed by atoms with van der Waals surface area (Å²) in [7, 11) is 0. The van der Waals surface area contributed by atoms with E-state index in [1.165, 1.54) is 10.4 Å². The van der Waals surface area contributed by atoms with Crippen LogP contribution in [-0.4, -0.2) is 35.7 Å². The van der Waals surface area contributed by atoms with E-state index in [1.54, 1.807) is 11.3 Å². The molecule has 0 bridgehead atoms. The number of thiophene rings is 1. The Balaban J connectivity index is 2.99. The van der Waals surface area contributed by atoms with Gasteiger partial charge in [0.05, 0.1) is 12.6 Å². The number of aryl methyl sites for hydroxylation is 1. The normalized spacial score (nSPS) is 15.0. The van der Waals surface area contributed by atoms with Crippen LogP contribution < -0.4 is 5.73 Å². The maximum absolute atomic E-state index is 9.25. The molecule has 0 spiro atoms. The summed E-state index contributed by atoms with van der Waals surface area (Å²) < 4.78 is 0. The molecule has 0 aromatic carbocycles. The van der Waals surface area contributed by atoms with Gasteiger partial charge >= 0.3 is 0 Å². The zero-order chi connectivity index (χ0) is 13.5. The van der Waals surface area contributed by atoms with E-state index in [1.807, 2.05) is 0 Å². The van der Waals surface area contributed by atoms with Gasteiger partial charge in [0, 0.05) is 17.5 Å². The molecule has 4 heteroatoms. The van der Waals surface area contributed by atoms with E-state index >= 15 is 0 Å². The van der Waals surface area contributed by atoms with E-state index in [4.69, 9.17) is 5.73 Å². The summed E-state index contributed by atoms with van der Waals surface area (Å²) in [6, 6.07) is 2.51. The van der Waals surface area contributed by atoms with Crippen molar-refractivity contribution in [3.63, 3.8) is 0 Å². The quantitative estimate of drug-likeness (QED) is 0.763. The molecule has 1 heterocycles. The molecule has 0 aliphatic carbocycles. The van der Waals surface area contributed by atoms with E-state index < -0.39 is 0 Å². The molecule has 0 saturated heterocycles. The van der Waals surface area contributed by atoms with E-state index in [2.05, 4.69) is 37.1 Å². The van der Waals surface area contributed by atoms with Crippen LogP contribution in [0.1, 0.15) is 43.2 Å². The van der Waals surface area contributed by atoms with Crippen LogP contribution in [0, 0.1) is 6.92 Å². The number of rotatable bonds is 8. The summed E-state index contributed by atoms with van der Waals surface area (Å²) in [4.78, 5) is 3.68. The molecule has 3 nitrogen and oxygen atoms in total. The molecule has 0 saturated carbocycles. The van der Waals surface area contributed by atoms with Gasteiger partial charge in [0.2, 0.25) is 0 Å². The van der Waals surface area contributed by atoms with Gasteiger partial charge in [-0.15, -0.1) is 11.3 Å². The molecule has 0 radical (unpaired) electrons. The summed E-state index contributed by atoms with van der Waals surface area (Å²) >= 11 is 1.78. The van der Waals surface area contributed by atoms with E-state index in [0.717, 1.165) is 19.4 Å². The van der Waals surface area contributed by atoms with E-state index in [9.17, 15) is 5.11 Å². The maximum atomic E-state index is 9.25. The number of aliphatic hydroxyl groups is 1. The van der Waals surface area contributed by atoms with Gasteiger partial charge in [-0.1, -0.05) is 13.8 Å². The highest BCUT2D eigenvalue weighted by molar-refractivity contribution is 7.10. The minimum absolute atomic E-state index is 0.125. The topological polar surface area (TPSA) is 49.5 Å². The first-order valence-electron chi connectivity index (χ1n) is 6.80. The fraction of sp³-hybridized carbons (Fsp3) is 0.714. The number of aliphatic hydroxyl groups excluding tert-OH is 1. The van der Waals surface area contributed by atoms with Gasteiger partial charge in [-0.2, -0.15) is 0 Å². The number of hydrogen-bond donors (Lipinski definition) is 2. The van der Waals surface area contributed by atoms with Crippen LogP contribution >= 0.6 is 11.3 Å². The standard InChI is InChI=1S/C14H26N2OS/c1-4-7-16(8-9-17)13(12(15)5-2)14-11(3)6-10-18-14/h6,10,12-13,17H,4-5,7-9,15H2,1-3H3. The highest BCUT2D eigenvalue weighted by atomic mass is 32.1. The van der Waals surface area contributed by atoms with Crippen molar-refractivity contribution >= 4 is 11.3 Å². The minimum Gasteiger partial charge on any atom is -0.395 e. The molecule has 3 N–H and O–H groups in total. The molecule has 1 aromatic heterocycles. The number of nitrogens with zero attached hydrogens (tertiary/aromatic N) is 1. The molecule has 0 aliphatic rings. The summed E-state index contributed by atoms with van der Waals surface area (Å²) in [5.41, 5.74) is 7.64. The number of hydrogen-bond acceptors (Lipinski definition) is 4. The highest BCUT2D eigenvalue weighted by Crippen LogP contribution is 2.31. The van der Waals surface area contributed by atoms with Crippen LogP contribution in [0.25, 0.3) is 0 Å². The highest BCUT2D eigenvalue weighted by Gasteiger charge is 2.27. The van der Waals surface area contributed by atoms with Crippen molar-refractivity contribution in [3.05, 3.63) is 21.9 Å². The molecule has 0 fully saturated rings. The maximum Gasteiger partial charge on any atom is 0.0596 e. The summed E-state index contributed by atoms with van der Waals surface area (Å²) in [6.45, 7) is 8.31. The molecular formula is C14H26N2OS. The molecule has 2 atom stereocenters. The van der Waals surface area contributed by atoms with Crippen molar-refractivity contribution in [2.45, 2.75) is 45.7 Å². The van der Waals surface area contributed by atoms with E-state index in [-0.39, 0.29) is 18.7 Å². The lowest BCUT2D eigenvalue weighted by molar-refractivity contribution is 0.134. The number of nitrogens with two attached hydrogens (primary N) is 1. The second-order valence-electron chi connectivity index (χ2n) is 4.74. The van der Waals surface area contributed by atoms with Crippen LogP contribution in [0.2, 0.25) is 0 Å². The van der Waals surface area contributed by atoms with Gasteiger partial charge in [0.25, 0.3) is 0 Å². The molecule has 1 aromatic rings. The first kappa shape index (κ1) is 15.6. The zero-order valence-corrected chi connectivity index (χ0v) is 12.5. The Morgan fingerprint density at radius 3 is 2.56 bits per heavy atom. The van der Waals surface area contributed by atoms with Crippen LogP contribution in [0.15, 0.2) is 11.4 Å². The lowest BCUT2D eigenvalue weighted by atomic mass is 10.0. The predicted molar refractivity (Wildman–Crippen MR) is 79.0 cm³/mol. The predicted octanol–water partition coefficient (Wildman–Crippen LogP) is 2.54. The second-order valence-corrected chi connectivity index (χ2v) is 5.69. The third kappa shape index (κ3) is 3.79. The molecule has 0 amide bonds. The average molecular weight is 270 g/mol. The van der Waals surface area contributed by atoms with Gasteiger partial charge in [-0.3, -0.25) is 4.90 Å². The van der Waals surface area contributed by atoms with Crippen molar-refractivity contribution in [2.75, 3.05) is 19.7 Å². The lowest BCUT2D eigenvalue weighted by Crippen LogP contribution is -2.42. The van der Waals surface area contributed by atoms with E-state index in [0.29, 0.717) is 6.54 Å². The van der Waals surface area contributed by atoms with Gasteiger partial charge in [-0.25, -0.2) is 0 Å². The fourth-order valence-electron chi connectivity index (χ4n) is 2.35.